The Balaban J connectivity index is 2.56. The molecule has 68 valence electrons. The number of methoxy groups -OCH3 is 1. The molecule has 1 aliphatic carbocycles. The summed E-state index contributed by atoms with van der Waals surface area (Å²) in [5.74, 6) is 0.546. The van der Waals surface area contributed by atoms with Crippen molar-refractivity contribution in [1.29, 1.82) is 0 Å². The molecule has 2 atom stereocenters. The van der Waals surface area contributed by atoms with Crippen molar-refractivity contribution in [2.45, 2.75) is 20.0 Å². The fourth-order valence-electron chi connectivity index (χ4n) is 1.35. The Kier molecular flexibility index (Phi) is 3.82. The first-order chi connectivity index (χ1) is 5.70. The van der Waals surface area contributed by atoms with Crippen LogP contribution in [-0.2, 0) is 28.8 Å². The second kappa shape index (κ2) is 4.45. The average Bonchev–Trinajstić information content (AvgIpc) is 2.09. The monoisotopic (exact) mass is 338 g/mol. The van der Waals surface area contributed by atoms with E-state index in [0.29, 0.717) is 5.92 Å². The van der Waals surface area contributed by atoms with Gasteiger partial charge in [-0.05, 0) is 0 Å². The van der Waals surface area contributed by atoms with Crippen LogP contribution in [0.2, 0.25) is 0 Å². The Hall–Kier alpha value is 0.218. The van der Waals surface area contributed by atoms with E-state index in [0.717, 1.165) is 10.7 Å². The molecule has 3 heteroatoms. The first kappa shape index (κ1) is 10.3. The van der Waals surface area contributed by atoms with Crippen LogP contribution in [0.4, 0.5) is 0 Å². The van der Waals surface area contributed by atoms with Crippen molar-refractivity contribution < 1.29 is 28.8 Å². The molecule has 0 radical (unpaired) electrons. The van der Waals surface area contributed by atoms with Gasteiger partial charge in [0.1, 0.15) is 0 Å². The van der Waals surface area contributed by atoms with Crippen molar-refractivity contribution in [3.05, 3.63) is 11.6 Å². The Morgan fingerprint density at radius 2 is 2.33 bits per heavy atom. The molecule has 1 rings (SSSR count). The SMILES string of the molecule is CCO[C@H]1C([C](=[W])OC)=C[C@H]1C. The number of hydrogen-bond donors (Lipinski definition) is 0. The molecule has 12 heavy (non-hydrogen) atoms. The molecule has 0 spiro atoms. The van der Waals surface area contributed by atoms with Crippen LogP contribution in [0, 0.1) is 5.92 Å². The van der Waals surface area contributed by atoms with Gasteiger partial charge in [-0.25, -0.2) is 0 Å². The maximum absolute atomic E-state index is 5.57. The molecule has 0 unspecified atom stereocenters. The van der Waals surface area contributed by atoms with Crippen LogP contribution in [0.1, 0.15) is 13.8 Å². The normalized spacial score (nSPS) is 27.8. The third-order valence-electron chi connectivity index (χ3n) is 1.99. The average molecular weight is 338 g/mol. The molecule has 0 aromatic carbocycles. The summed E-state index contributed by atoms with van der Waals surface area (Å²) in [7, 11) is 1.72. The molecule has 0 heterocycles. The minimum absolute atomic E-state index is 0.280. The van der Waals surface area contributed by atoms with Crippen LogP contribution < -0.4 is 0 Å². The summed E-state index contributed by atoms with van der Waals surface area (Å²) in [5, 5.41) is 0. The zero-order chi connectivity index (χ0) is 9.14. The third kappa shape index (κ3) is 1.93. The molecule has 0 bridgehead atoms. The molecule has 0 fully saturated rings. The van der Waals surface area contributed by atoms with Crippen molar-refractivity contribution in [3.8, 4) is 0 Å². The van der Waals surface area contributed by atoms with Gasteiger partial charge in [0.05, 0.1) is 0 Å². The molecule has 0 amide bonds. The zero-order valence-electron chi connectivity index (χ0n) is 7.66. The van der Waals surface area contributed by atoms with Crippen LogP contribution in [0.15, 0.2) is 11.6 Å². The van der Waals surface area contributed by atoms with Crippen LogP contribution in [0.25, 0.3) is 0 Å². The van der Waals surface area contributed by atoms with Crippen molar-refractivity contribution in [1.82, 2.24) is 0 Å². The van der Waals surface area contributed by atoms with Gasteiger partial charge in [0.15, 0.2) is 0 Å². The van der Waals surface area contributed by atoms with Crippen molar-refractivity contribution >= 4 is 4.08 Å². The topological polar surface area (TPSA) is 18.5 Å². The van der Waals surface area contributed by atoms with E-state index < -0.39 is 0 Å². The van der Waals surface area contributed by atoms with Gasteiger partial charge in [0.2, 0.25) is 0 Å². The molecule has 0 aliphatic heterocycles. The minimum atomic E-state index is 0.280. The summed E-state index contributed by atoms with van der Waals surface area (Å²) in [6.07, 6.45) is 2.49. The summed E-state index contributed by atoms with van der Waals surface area (Å²) < 4.78 is 11.8. The predicted molar refractivity (Wildman–Crippen MR) is 44.7 cm³/mol. The molecule has 2 nitrogen and oxygen atoms in total. The predicted octanol–water partition coefficient (Wildman–Crippen LogP) is 1.29. The van der Waals surface area contributed by atoms with Gasteiger partial charge in [-0.15, -0.1) is 0 Å². The van der Waals surface area contributed by atoms with Crippen LogP contribution in [0.5, 0.6) is 0 Å². The van der Waals surface area contributed by atoms with E-state index >= 15 is 0 Å². The van der Waals surface area contributed by atoms with Gasteiger partial charge in [-0.2, -0.15) is 0 Å². The standard InChI is InChI=1S/C9H14O2.W/c1-4-11-9-7(2)5-8(9)6-10-3;/h5,7,9H,4H2,1-3H3;/t7-,9-;/m1./s1. The van der Waals surface area contributed by atoms with Gasteiger partial charge in [-0.3, -0.25) is 0 Å². The Morgan fingerprint density at radius 3 is 2.75 bits per heavy atom. The van der Waals surface area contributed by atoms with Gasteiger partial charge in [0, 0.05) is 0 Å². The summed E-state index contributed by atoms with van der Waals surface area (Å²) in [6, 6.07) is 0. The molecule has 0 aromatic heterocycles. The van der Waals surface area contributed by atoms with Crippen LogP contribution in [-0.4, -0.2) is 23.9 Å². The number of ether oxygens (including phenoxy) is 2. The van der Waals surface area contributed by atoms with E-state index in [2.05, 4.69) is 13.0 Å². The molecular weight excluding hydrogens is 324 g/mol. The Bertz CT molecular complexity index is 211. The number of rotatable bonds is 4. The van der Waals surface area contributed by atoms with Crippen molar-refractivity contribution in [2.75, 3.05) is 13.7 Å². The third-order valence-corrected chi connectivity index (χ3v) is 3.44. The van der Waals surface area contributed by atoms with E-state index in [4.69, 9.17) is 9.47 Å². The zero-order valence-corrected chi connectivity index (χ0v) is 10.6. The van der Waals surface area contributed by atoms with Crippen LogP contribution in [0.3, 0.4) is 0 Å². The van der Waals surface area contributed by atoms with E-state index in [9.17, 15) is 0 Å². The fraction of sp³-hybridized carbons (Fsp3) is 0.667. The van der Waals surface area contributed by atoms with Gasteiger partial charge < -0.3 is 0 Å². The van der Waals surface area contributed by atoms with E-state index in [1.165, 1.54) is 24.9 Å². The van der Waals surface area contributed by atoms with Gasteiger partial charge >= 0.3 is 84.1 Å². The Labute approximate surface area is 84.3 Å². The fourth-order valence-corrected chi connectivity index (χ4v) is 2.02. The maximum atomic E-state index is 5.57. The molecule has 1 aliphatic rings. The molecule has 0 saturated carbocycles. The first-order valence-corrected chi connectivity index (χ1v) is 5.59. The van der Waals surface area contributed by atoms with Gasteiger partial charge in [0.25, 0.3) is 0 Å². The molecule has 0 N–H and O–H groups in total. The van der Waals surface area contributed by atoms with E-state index in [1.54, 1.807) is 7.11 Å². The van der Waals surface area contributed by atoms with E-state index in [1.807, 2.05) is 6.92 Å². The van der Waals surface area contributed by atoms with Gasteiger partial charge in [-0.1, -0.05) is 0 Å². The van der Waals surface area contributed by atoms with Crippen LogP contribution >= 0.6 is 0 Å². The summed E-state index contributed by atoms with van der Waals surface area (Å²) in [4.78, 5) is 0. The first-order valence-electron chi connectivity index (χ1n) is 4.12. The molecule has 0 aromatic rings. The summed E-state index contributed by atoms with van der Waals surface area (Å²) in [5.41, 5.74) is 1.25. The number of hydrogen-bond acceptors (Lipinski definition) is 2. The van der Waals surface area contributed by atoms with Crippen molar-refractivity contribution in [2.24, 2.45) is 5.92 Å². The van der Waals surface area contributed by atoms with Crippen molar-refractivity contribution in [3.63, 3.8) is 0 Å². The van der Waals surface area contributed by atoms with E-state index in [-0.39, 0.29) is 6.10 Å². The summed E-state index contributed by atoms with van der Waals surface area (Å²) >= 11 is 1.37. The quantitative estimate of drug-likeness (QED) is 0.769. The second-order valence-electron chi connectivity index (χ2n) is 2.85. The molecular formula is C9H14O2W. The summed E-state index contributed by atoms with van der Waals surface area (Å²) in [6.45, 7) is 4.97. The Morgan fingerprint density at radius 1 is 1.67 bits per heavy atom. The second-order valence-corrected chi connectivity index (χ2v) is 4.18. The molecule has 0 saturated heterocycles.